The number of aromatic nitrogens is 1. The maximum Gasteiger partial charge on any atom is 0.305 e. The van der Waals surface area contributed by atoms with Crippen LogP contribution in [0, 0.1) is 19.8 Å². The summed E-state index contributed by atoms with van der Waals surface area (Å²) in [4.78, 5) is 40.9. The largest absolute Gasteiger partial charge is 0.481 e. The van der Waals surface area contributed by atoms with Gasteiger partial charge >= 0.3 is 5.97 Å². The van der Waals surface area contributed by atoms with E-state index in [0.29, 0.717) is 17.5 Å². The molecule has 10 heteroatoms. The Kier molecular flexibility index (Phi) is 8.90. The molecule has 0 aliphatic carbocycles. The van der Waals surface area contributed by atoms with E-state index in [0.717, 1.165) is 21.6 Å². The summed E-state index contributed by atoms with van der Waals surface area (Å²) in [7, 11) is 0. The summed E-state index contributed by atoms with van der Waals surface area (Å²) >= 11 is 1.49. The maximum absolute atomic E-state index is 13.7. The number of nitrogens with zero attached hydrogens (tertiary/aromatic N) is 2. The van der Waals surface area contributed by atoms with Gasteiger partial charge in [-0.1, -0.05) is 38.1 Å². The Morgan fingerprint density at radius 3 is 2.40 bits per heavy atom. The zero-order valence-electron chi connectivity index (χ0n) is 23.1. The fraction of sp³-hybridized carbons (Fsp3) is 0.433. The molecule has 0 saturated carbocycles. The van der Waals surface area contributed by atoms with Crippen molar-refractivity contribution in [1.82, 2.24) is 14.8 Å². The van der Waals surface area contributed by atoms with Crippen LogP contribution in [-0.4, -0.2) is 45.5 Å². The molecule has 1 amide bonds. The predicted molar refractivity (Wildman–Crippen MR) is 152 cm³/mol. The van der Waals surface area contributed by atoms with Crippen LogP contribution in [0.5, 0.6) is 0 Å². The number of pyridine rings is 1. The van der Waals surface area contributed by atoms with Gasteiger partial charge in [-0.2, -0.15) is 0 Å². The summed E-state index contributed by atoms with van der Waals surface area (Å²) < 4.78 is 28.0. The van der Waals surface area contributed by atoms with E-state index in [1.807, 2.05) is 57.3 Å². The minimum Gasteiger partial charge on any atom is -0.481 e. The summed E-state index contributed by atoms with van der Waals surface area (Å²) in [5, 5.41) is 14.4. The lowest BCUT2D eigenvalue weighted by molar-refractivity contribution is -0.138. The van der Waals surface area contributed by atoms with Gasteiger partial charge in [-0.3, -0.25) is 19.3 Å². The number of likely N-dealkylation sites (tertiary alicyclic amines) is 1. The van der Waals surface area contributed by atoms with E-state index in [9.17, 15) is 28.3 Å². The Labute approximate surface area is 236 Å². The van der Waals surface area contributed by atoms with Gasteiger partial charge in [0, 0.05) is 23.7 Å². The number of thiophene rings is 1. The molecule has 0 unspecified atom stereocenters. The van der Waals surface area contributed by atoms with Crippen molar-refractivity contribution in [2.45, 2.75) is 65.1 Å². The standard InChI is InChI=1S/C30H35F2N3O4S/c1-18(2)10-24(35-14-21(8-9-26(35)36)13-34-16-30(31,32)17-34)29(39)33-23(12-27(37)38)22-11-25(40-15-22)28-19(3)6-5-7-20(28)4/h5-9,11,14-15,18,23-24H,10,12-13,16-17H2,1-4H3,(H,33,39)(H,37,38)/t23-,24+/m1/s1. The van der Waals surface area contributed by atoms with Gasteiger partial charge in [0.25, 0.3) is 11.5 Å². The van der Waals surface area contributed by atoms with Gasteiger partial charge in [0.05, 0.1) is 25.6 Å². The van der Waals surface area contributed by atoms with Crippen LogP contribution in [-0.2, 0) is 16.1 Å². The van der Waals surface area contributed by atoms with E-state index in [1.165, 1.54) is 22.0 Å². The number of carbonyl (C=O) groups is 2. The maximum atomic E-state index is 13.7. The fourth-order valence-electron chi connectivity index (χ4n) is 5.22. The summed E-state index contributed by atoms with van der Waals surface area (Å²) in [5.74, 6) is -4.17. The first-order valence-corrected chi connectivity index (χ1v) is 14.2. The third-order valence-corrected chi connectivity index (χ3v) is 8.06. The van der Waals surface area contributed by atoms with Gasteiger partial charge in [-0.15, -0.1) is 11.3 Å². The molecule has 2 atom stereocenters. The van der Waals surface area contributed by atoms with E-state index in [1.54, 1.807) is 17.2 Å². The van der Waals surface area contributed by atoms with Crippen LogP contribution in [0.15, 0.2) is 52.8 Å². The number of hydrogen-bond acceptors (Lipinski definition) is 5. The fourth-order valence-corrected chi connectivity index (χ4v) is 6.36. The molecule has 1 saturated heterocycles. The number of carbonyl (C=O) groups excluding carboxylic acids is 1. The van der Waals surface area contributed by atoms with Crippen LogP contribution in [0.25, 0.3) is 10.4 Å². The number of benzene rings is 1. The van der Waals surface area contributed by atoms with E-state index in [2.05, 4.69) is 5.32 Å². The van der Waals surface area contributed by atoms with Gasteiger partial charge in [0.15, 0.2) is 0 Å². The normalized spacial score (nSPS) is 16.4. The third-order valence-electron chi connectivity index (χ3n) is 7.09. The average Bonchev–Trinajstić information content (AvgIpc) is 3.31. The summed E-state index contributed by atoms with van der Waals surface area (Å²) in [6, 6.07) is 9.20. The number of aliphatic carboxylic acids is 1. The lowest BCUT2D eigenvalue weighted by Crippen LogP contribution is -2.55. The van der Waals surface area contributed by atoms with E-state index >= 15 is 0 Å². The van der Waals surface area contributed by atoms with Crippen molar-refractivity contribution in [3.63, 3.8) is 0 Å². The number of carboxylic acids is 1. The zero-order chi connectivity index (χ0) is 29.2. The highest BCUT2D eigenvalue weighted by molar-refractivity contribution is 7.13. The molecule has 3 heterocycles. The monoisotopic (exact) mass is 571 g/mol. The molecule has 1 aliphatic heterocycles. The second-order valence-corrected chi connectivity index (χ2v) is 12.0. The van der Waals surface area contributed by atoms with Gasteiger partial charge in [-0.05, 0) is 65.4 Å². The Hall–Kier alpha value is -3.37. The minimum absolute atomic E-state index is 0.0510. The van der Waals surface area contributed by atoms with E-state index in [-0.39, 0.29) is 37.5 Å². The smallest absolute Gasteiger partial charge is 0.305 e. The third kappa shape index (κ3) is 7.03. The molecule has 0 spiro atoms. The predicted octanol–water partition coefficient (Wildman–Crippen LogP) is 5.56. The lowest BCUT2D eigenvalue weighted by atomic mass is 9.98. The highest BCUT2D eigenvalue weighted by atomic mass is 32.1. The van der Waals surface area contributed by atoms with Crippen LogP contribution in [0.4, 0.5) is 8.78 Å². The van der Waals surface area contributed by atoms with Crippen LogP contribution in [0.3, 0.4) is 0 Å². The summed E-state index contributed by atoms with van der Waals surface area (Å²) in [5.41, 5.74) is 4.23. The van der Waals surface area contributed by atoms with Gasteiger partial charge in [-0.25, -0.2) is 8.78 Å². The van der Waals surface area contributed by atoms with Crippen LogP contribution >= 0.6 is 11.3 Å². The van der Waals surface area contributed by atoms with Crippen molar-refractivity contribution in [3.8, 4) is 10.4 Å². The van der Waals surface area contributed by atoms with Gasteiger partial charge in [0.1, 0.15) is 6.04 Å². The zero-order valence-corrected chi connectivity index (χ0v) is 23.9. The molecule has 40 heavy (non-hydrogen) atoms. The Balaban J connectivity index is 1.60. The first-order chi connectivity index (χ1) is 18.8. The molecule has 1 aromatic carbocycles. The molecule has 0 bridgehead atoms. The quantitative estimate of drug-likeness (QED) is 0.314. The number of hydrogen-bond donors (Lipinski definition) is 2. The molecule has 214 valence electrons. The molecule has 2 aromatic heterocycles. The Bertz CT molecular complexity index is 1420. The summed E-state index contributed by atoms with van der Waals surface area (Å²) in [6.45, 7) is 7.46. The highest BCUT2D eigenvalue weighted by Gasteiger charge is 2.43. The average molecular weight is 572 g/mol. The molecular formula is C30H35F2N3O4S. The van der Waals surface area contributed by atoms with Crippen LogP contribution in [0.1, 0.15) is 61.0 Å². The van der Waals surface area contributed by atoms with Crippen molar-refractivity contribution >= 4 is 23.2 Å². The summed E-state index contributed by atoms with van der Waals surface area (Å²) in [6.07, 6.45) is 1.58. The number of carboxylic acid groups (broad SMARTS) is 1. The van der Waals surface area contributed by atoms with E-state index < -0.39 is 29.9 Å². The topological polar surface area (TPSA) is 91.6 Å². The lowest BCUT2D eigenvalue weighted by Gasteiger charge is -2.38. The second kappa shape index (κ2) is 12.0. The molecule has 4 rings (SSSR count). The van der Waals surface area contributed by atoms with Crippen LogP contribution < -0.4 is 10.9 Å². The molecule has 0 radical (unpaired) electrons. The number of nitrogens with one attached hydrogen (secondary N) is 1. The first-order valence-electron chi connectivity index (χ1n) is 13.3. The number of halogens is 2. The van der Waals surface area contributed by atoms with E-state index in [4.69, 9.17) is 0 Å². The number of rotatable bonds is 11. The number of alkyl halides is 2. The van der Waals surface area contributed by atoms with Crippen molar-refractivity contribution < 1.29 is 23.5 Å². The Morgan fingerprint density at radius 2 is 1.80 bits per heavy atom. The molecule has 1 aliphatic rings. The van der Waals surface area contributed by atoms with Crippen LogP contribution in [0.2, 0.25) is 0 Å². The Morgan fingerprint density at radius 1 is 1.12 bits per heavy atom. The second-order valence-electron chi connectivity index (χ2n) is 11.1. The molecule has 2 N–H and O–H groups in total. The van der Waals surface area contributed by atoms with Crippen molar-refractivity contribution in [3.05, 3.63) is 80.6 Å². The molecule has 1 fully saturated rings. The minimum atomic E-state index is -2.70. The van der Waals surface area contributed by atoms with Crippen molar-refractivity contribution in [1.29, 1.82) is 0 Å². The first kappa shape index (κ1) is 29.6. The van der Waals surface area contributed by atoms with Gasteiger partial charge in [0.2, 0.25) is 5.91 Å². The number of amides is 1. The van der Waals surface area contributed by atoms with Crippen molar-refractivity contribution in [2.24, 2.45) is 5.92 Å². The number of aryl methyl sites for hydroxylation is 2. The molecule has 7 nitrogen and oxygen atoms in total. The molecule has 3 aromatic rings. The SMILES string of the molecule is Cc1cccc(C)c1-c1cc([C@@H](CC(=O)O)NC(=O)[C@H](CC(C)C)n2cc(CN3CC(F)(F)C3)ccc2=O)cs1. The molecular weight excluding hydrogens is 536 g/mol. The highest BCUT2D eigenvalue weighted by Crippen LogP contribution is 2.35. The van der Waals surface area contributed by atoms with Crippen molar-refractivity contribution in [2.75, 3.05) is 13.1 Å². The van der Waals surface area contributed by atoms with Gasteiger partial charge < -0.3 is 15.0 Å².